The molecule has 1 N–H and O–H groups in total. The molecule has 2 amide bonds. The number of carbonyl (C=O) groups is 2. The molecule has 1 aromatic heterocycles. The number of rotatable bonds is 6. The SMILES string of the molecule is O=C(NCCCn1nc2n(c1=O)CCCC2)C1CC(=O)N(c2ccc3c(c2)CCC3)C1. The van der Waals surface area contributed by atoms with E-state index in [0.717, 1.165) is 50.2 Å². The number of aryl methyl sites for hydroxylation is 4. The van der Waals surface area contributed by atoms with Crippen LogP contribution in [0.2, 0.25) is 0 Å². The second kappa shape index (κ2) is 8.32. The van der Waals surface area contributed by atoms with Gasteiger partial charge in [0, 0.05) is 44.7 Å². The van der Waals surface area contributed by atoms with Crippen LogP contribution in [0, 0.1) is 5.92 Å². The summed E-state index contributed by atoms with van der Waals surface area (Å²) < 4.78 is 3.28. The third-order valence-electron chi connectivity index (χ3n) is 6.77. The molecule has 0 bridgehead atoms. The molecule has 3 aliphatic rings. The number of anilines is 1. The molecule has 0 saturated carbocycles. The predicted octanol–water partition coefficient (Wildman–Crippen LogP) is 1.43. The lowest BCUT2D eigenvalue weighted by molar-refractivity contribution is -0.126. The Morgan fingerprint density at radius 1 is 1.10 bits per heavy atom. The molecule has 1 aliphatic carbocycles. The summed E-state index contributed by atoms with van der Waals surface area (Å²) in [6, 6.07) is 6.24. The van der Waals surface area contributed by atoms with Gasteiger partial charge < -0.3 is 10.2 Å². The van der Waals surface area contributed by atoms with Gasteiger partial charge in [0.2, 0.25) is 11.8 Å². The first-order valence-electron chi connectivity index (χ1n) is 11.5. The third kappa shape index (κ3) is 3.91. The van der Waals surface area contributed by atoms with Gasteiger partial charge >= 0.3 is 5.69 Å². The van der Waals surface area contributed by atoms with Gasteiger partial charge in [-0.3, -0.25) is 14.2 Å². The normalized spacial score (nSPS) is 20.1. The maximum absolute atomic E-state index is 12.6. The lowest BCUT2D eigenvalue weighted by atomic mass is 10.1. The van der Waals surface area contributed by atoms with E-state index < -0.39 is 0 Å². The largest absolute Gasteiger partial charge is 0.356 e. The Kier molecular flexibility index (Phi) is 5.38. The molecule has 0 spiro atoms. The van der Waals surface area contributed by atoms with Crippen LogP contribution in [-0.4, -0.2) is 39.3 Å². The fourth-order valence-electron chi connectivity index (χ4n) is 5.04. The molecule has 1 fully saturated rings. The zero-order valence-corrected chi connectivity index (χ0v) is 17.8. The second-order valence-electron chi connectivity index (χ2n) is 8.89. The van der Waals surface area contributed by atoms with E-state index in [1.54, 1.807) is 9.47 Å². The lowest BCUT2D eigenvalue weighted by Gasteiger charge is -2.18. The van der Waals surface area contributed by atoms with Crippen molar-refractivity contribution in [1.29, 1.82) is 0 Å². The van der Waals surface area contributed by atoms with Crippen molar-refractivity contribution in [1.82, 2.24) is 19.7 Å². The van der Waals surface area contributed by atoms with E-state index >= 15 is 0 Å². The zero-order valence-electron chi connectivity index (χ0n) is 17.8. The Morgan fingerprint density at radius 3 is 2.84 bits per heavy atom. The first kappa shape index (κ1) is 20.0. The van der Waals surface area contributed by atoms with Gasteiger partial charge in [0.1, 0.15) is 5.82 Å². The second-order valence-corrected chi connectivity index (χ2v) is 8.89. The third-order valence-corrected chi connectivity index (χ3v) is 6.77. The Labute approximate surface area is 181 Å². The van der Waals surface area contributed by atoms with E-state index in [1.807, 2.05) is 6.07 Å². The number of fused-ring (bicyclic) bond motifs is 2. The molecule has 8 heteroatoms. The Hall–Kier alpha value is -2.90. The van der Waals surface area contributed by atoms with Gasteiger partial charge in [0.05, 0.1) is 5.92 Å². The van der Waals surface area contributed by atoms with Crippen LogP contribution in [0.4, 0.5) is 5.69 Å². The zero-order chi connectivity index (χ0) is 21.4. The number of nitrogens with one attached hydrogen (secondary N) is 1. The first-order valence-corrected chi connectivity index (χ1v) is 11.5. The van der Waals surface area contributed by atoms with Gasteiger partial charge in [-0.05, 0) is 61.8 Å². The summed E-state index contributed by atoms with van der Waals surface area (Å²) in [6.45, 7) is 2.14. The van der Waals surface area contributed by atoms with Gasteiger partial charge in [-0.25, -0.2) is 9.48 Å². The maximum Gasteiger partial charge on any atom is 0.345 e. The molecule has 164 valence electrons. The standard InChI is InChI=1S/C23H29N5O3/c29-21-14-18(15-27(21)19-9-8-16-5-3-6-17(16)13-19)22(30)24-10-4-12-28-23(31)26-11-2-1-7-20(26)25-28/h8-9,13,18H,1-7,10-12,14-15H2,(H,24,30). The van der Waals surface area contributed by atoms with Gasteiger partial charge in [0.15, 0.2) is 0 Å². The van der Waals surface area contributed by atoms with E-state index in [1.165, 1.54) is 22.2 Å². The van der Waals surface area contributed by atoms with Crippen molar-refractivity contribution in [3.05, 3.63) is 45.6 Å². The topological polar surface area (TPSA) is 89.2 Å². The highest BCUT2D eigenvalue weighted by Gasteiger charge is 2.35. The van der Waals surface area contributed by atoms with Gasteiger partial charge in [-0.2, -0.15) is 5.10 Å². The summed E-state index contributed by atoms with van der Waals surface area (Å²) in [5.41, 5.74) is 3.56. The minimum atomic E-state index is -0.330. The van der Waals surface area contributed by atoms with Crippen LogP contribution in [0.25, 0.3) is 0 Å². The molecular weight excluding hydrogens is 394 g/mol. The number of amides is 2. The quantitative estimate of drug-likeness (QED) is 0.712. The molecule has 31 heavy (non-hydrogen) atoms. The van der Waals surface area contributed by atoms with Crippen LogP contribution in [-0.2, 0) is 41.9 Å². The average Bonchev–Trinajstić information content (AvgIpc) is 3.48. The molecule has 2 aromatic rings. The van der Waals surface area contributed by atoms with Crippen molar-refractivity contribution in [2.75, 3.05) is 18.0 Å². The van der Waals surface area contributed by atoms with Crippen LogP contribution in [0.1, 0.15) is 49.1 Å². The Bertz CT molecular complexity index is 1070. The first-order chi connectivity index (χ1) is 15.1. The van der Waals surface area contributed by atoms with Crippen LogP contribution in [0.5, 0.6) is 0 Å². The van der Waals surface area contributed by atoms with Crippen molar-refractivity contribution in [2.45, 2.75) is 64.5 Å². The van der Waals surface area contributed by atoms with Crippen LogP contribution in [0.3, 0.4) is 0 Å². The van der Waals surface area contributed by atoms with Crippen molar-refractivity contribution in [3.8, 4) is 0 Å². The maximum atomic E-state index is 12.6. The van der Waals surface area contributed by atoms with Gasteiger partial charge in [-0.1, -0.05) is 6.07 Å². The highest BCUT2D eigenvalue weighted by molar-refractivity contribution is 6.00. The van der Waals surface area contributed by atoms with Crippen LogP contribution < -0.4 is 15.9 Å². The highest BCUT2D eigenvalue weighted by Crippen LogP contribution is 2.30. The number of benzene rings is 1. The highest BCUT2D eigenvalue weighted by atomic mass is 16.2. The molecule has 5 rings (SSSR count). The molecule has 3 heterocycles. The van der Waals surface area contributed by atoms with Gasteiger partial charge in [-0.15, -0.1) is 0 Å². The number of nitrogens with zero attached hydrogens (tertiary/aromatic N) is 4. The van der Waals surface area contributed by atoms with Crippen molar-refractivity contribution in [2.24, 2.45) is 5.92 Å². The number of hydrogen-bond acceptors (Lipinski definition) is 4. The monoisotopic (exact) mass is 423 g/mol. The molecule has 1 atom stereocenters. The lowest BCUT2D eigenvalue weighted by Crippen LogP contribution is -2.34. The summed E-state index contributed by atoms with van der Waals surface area (Å²) in [5.74, 6) is 0.460. The van der Waals surface area contributed by atoms with Crippen LogP contribution in [0.15, 0.2) is 23.0 Å². The van der Waals surface area contributed by atoms with Crippen molar-refractivity contribution in [3.63, 3.8) is 0 Å². The number of hydrogen-bond donors (Lipinski definition) is 1. The van der Waals surface area contributed by atoms with E-state index in [-0.39, 0.29) is 29.8 Å². The van der Waals surface area contributed by atoms with E-state index in [4.69, 9.17) is 0 Å². The minimum absolute atomic E-state index is 0.00763. The number of carbonyl (C=O) groups excluding carboxylic acids is 2. The number of aromatic nitrogens is 3. The average molecular weight is 424 g/mol. The molecule has 1 unspecified atom stereocenters. The van der Waals surface area contributed by atoms with E-state index in [0.29, 0.717) is 26.1 Å². The summed E-state index contributed by atoms with van der Waals surface area (Å²) >= 11 is 0. The molecule has 1 saturated heterocycles. The van der Waals surface area contributed by atoms with Crippen molar-refractivity contribution >= 4 is 17.5 Å². The molecule has 0 radical (unpaired) electrons. The summed E-state index contributed by atoms with van der Waals surface area (Å²) in [4.78, 5) is 39.3. The fraction of sp³-hybridized carbons (Fsp3) is 0.565. The summed E-state index contributed by atoms with van der Waals surface area (Å²) in [6.07, 6.45) is 7.20. The van der Waals surface area contributed by atoms with E-state index in [9.17, 15) is 14.4 Å². The minimum Gasteiger partial charge on any atom is -0.356 e. The molecule has 2 aliphatic heterocycles. The van der Waals surface area contributed by atoms with E-state index in [2.05, 4.69) is 22.5 Å². The van der Waals surface area contributed by atoms with Crippen molar-refractivity contribution < 1.29 is 9.59 Å². The van der Waals surface area contributed by atoms with Gasteiger partial charge in [0.25, 0.3) is 0 Å². The molecular formula is C23H29N5O3. The Morgan fingerprint density at radius 2 is 1.97 bits per heavy atom. The van der Waals surface area contributed by atoms with Crippen LogP contribution >= 0.6 is 0 Å². The smallest absolute Gasteiger partial charge is 0.345 e. The fourth-order valence-corrected chi connectivity index (χ4v) is 5.04. The molecule has 1 aromatic carbocycles. The predicted molar refractivity (Wildman–Crippen MR) is 116 cm³/mol. The Balaban J connectivity index is 1.13. The summed E-state index contributed by atoms with van der Waals surface area (Å²) in [5, 5.41) is 7.37. The molecule has 8 nitrogen and oxygen atoms in total. The summed E-state index contributed by atoms with van der Waals surface area (Å²) in [7, 11) is 0.